The number of aryl methyl sites for hydroxylation is 2. The van der Waals surface area contributed by atoms with E-state index in [4.69, 9.17) is 13.9 Å². The number of carbonyl (C=O) groups excluding carboxylic acids is 3. The Hall–Kier alpha value is -2.83. The Bertz CT molecular complexity index is 805. The fourth-order valence-corrected chi connectivity index (χ4v) is 2.58. The molecule has 1 aromatic heterocycles. The van der Waals surface area contributed by atoms with Gasteiger partial charge in [0, 0.05) is 10.9 Å². The molecular formula is C19H23NO6. The van der Waals surface area contributed by atoms with Crippen molar-refractivity contribution in [1.29, 1.82) is 0 Å². The van der Waals surface area contributed by atoms with Crippen molar-refractivity contribution in [2.75, 3.05) is 13.2 Å². The normalized spacial score (nSPS) is 10.8. The number of amides is 1. The van der Waals surface area contributed by atoms with E-state index in [0.29, 0.717) is 5.56 Å². The van der Waals surface area contributed by atoms with Crippen LogP contribution in [0.5, 0.6) is 0 Å². The molecule has 2 rings (SSSR count). The standard InChI is InChI=1S/C19H23NO6/c1-5-24-18(22)16(19(23)25-6-2)20-15(21)9-13-10-26-17-12(4)11(3)7-8-14(13)17/h7-8,10,16H,5-6,9H2,1-4H3,(H,20,21). The van der Waals surface area contributed by atoms with Crippen LogP contribution in [-0.2, 0) is 30.3 Å². The number of benzene rings is 1. The molecule has 0 fully saturated rings. The minimum atomic E-state index is -1.48. The molecule has 0 aliphatic carbocycles. The van der Waals surface area contributed by atoms with Crippen LogP contribution in [-0.4, -0.2) is 37.1 Å². The van der Waals surface area contributed by atoms with Crippen molar-refractivity contribution in [3.05, 3.63) is 35.1 Å². The summed E-state index contributed by atoms with van der Waals surface area (Å²) in [6.45, 7) is 7.34. The summed E-state index contributed by atoms with van der Waals surface area (Å²) in [6, 6.07) is 2.36. The lowest BCUT2D eigenvalue weighted by Crippen LogP contribution is -2.48. The molecule has 0 bridgehead atoms. The number of esters is 2. The second-order valence-electron chi connectivity index (χ2n) is 5.83. The van der Waals surface area contributed by atoms with Crippen molar-refractivity contribution in [3.8, 4) is 0 Å². The molecule has 0 aliphatic heterocycles. The van der Waals surface area contributed by atoms with Crippen molar-refractivity contribution >= 4 is 28.8 Å². The maximum Gasteiger partial charge on any atom is 0.340 e. The first-order valence-corrected chi connectivity index (χ1v) is 8.47. The van der Waals surface area contributed by atoms with E-state index in [9.17, 15) is 14.4 Å². The summed E-state index contributed by atoms with van der Waals surface area (Å²) in [5.41, 5.74) is 3.49. The zero-order valence-corrected chi connectivity index (χ0v) is 15.4. The predicted molar refractivity (Wildman–Crippen MR) is 94.6 cm³/mol. The molecule has 1 heterocycles. The second kappa shape index (κ2) is 8.51. The maximum atomic E-state index is 12.4. The van der Waals surface area contributed by atoms with Crippen molar-refractivity contribution in [2.24, 2.45) is 0 Å². The molecule has 1 aromatic carbocycles. The van der Waals surface area contributed by atoms with Crippen molar-refractivity contribution in [1.82, 2.24) is 5.32 Å². The number of furan rings is 1. The Morgan fingerprint density at radius 1 is 1.08 bits per heavy atom. The van der Waals surface area contributed by atoms with Crippen LogP contribution in [0, 0.1) is 13.8 Å². The van der Waals surface area contributed by atoms with Crippen LogP contribution < -0.4 is 5.32 Å². The van der Waals surface area contributed by atoms with Gasteiger partial charge in [-0.1, -0.05) is 12.1 Å². The zero-order valence-electron chi connectivity index (χ0n) is 15.4. The summed E-state index contributed by atoms with van der Waals surface area (Å²) >= 11 is 0. The van der Waals surface area contributed by atoms with E-state index in [1.165, 1.54) is 6.26 Å². The average Bonchev–Trinajstić information content (AvgIpc) is 2.99. The first-order chi connectivity index (χ1) is 12.4. The molecular weight excluding hydrogens is 338 g/mol. The highest BCUT2D eigenvalue weighted by atomic mass is 16.6. The highest BCUT2D eigenvalue weighted by molar-refractivity contribution is 6.03. The summed E-state index contributed by atoms with van der Waals surface area (Å²) in [5, 5.41) is 3.21. The van der Waals surface area contributed by atoms with Gasteiger partial charge >= 0.3 is 11.9 Å². The van der Waals surface area contributed by atoms with E-state index in [1.807, 2.05) is 26.0 Å². The van der Waals surface area contributed by atoms with Gasteiger partial charge in [0.1, 0.15) is 5.58 Å². The minimum absolute atomic E-state index is 0.0369. The Kier molecular flexibility index (Phi) is 6.38. The Morgan fingerprint density at radius 2 is 1.69 bits per heavy atom. The van der Waals surface area contributed by atoms with Gasteiger partial charge in [-0.25, -0.2) is 9.59 Å². The number of carbonyl (C=O) groups is 3. The Morgan fingerprint density at radius 3 is 2.27 bits per heavy atom. The Labute approximate surface area is 151 Å². The molecule has 7 heteroatoms. The maximum absolute atomic E-state index is 12.4. The van der Waals surface area contributed by atoms with Gasteiger partial charge in [0.15, 0.2) is 0 Å². The largest absolute Gasteiger partial charge is 0.464 e. The number of hydrogen-bond acceptors (Lipinski definition) is 6. The van der Waals surface area contributed by atoms with Gasteiger partial charge < -0.3 is 19.2 Å². The monoisotopic (exact) mass is 361 g/mol. The van der Waals surface area contributed by atoms with E-state index in [-0.39, 0.29) is 19.6 Å². The van der Waals surface area contributed by atoms with Crippen molar-refractivity contribution in [2.45, 2.75) is 40.2 Å². The minimum Gasteiger partial charge on any atom is -0.464 e. The van der Waals surface area contributed by atoms with Crippen LogP contribution in [0.4, 0.5) is 0 Å². The second-order valence-corrected chi connectivity index (χ2v) is 5.83. The average molecular weight is 361 g/mol. The molecule has 0 atom stereocenters. The van der Waals surface area contributed by atoms with Crippen molar-refractivity contribution < 1.29 is 28.3 Å². The third-order valence-electron chi connectivity index (χ3n) is 4.04. The summed E-state index contributed by atoms with van der Waals surface area (Å²) in [7, 11) is 0. The molecule has 0 radical (unpaired) electrons. The van der Waals surface area contributed by atoms with Gasteiger partial charge in [0.2, 0.25) is 11.9 Å². The highest BCUT2D eigenvalue weighted by Gasteiger charge is 2.31. The SMILES string of the molecule is CCOC(=O)C(NC(=O)Cc1coc2c(C)c(C)ccc12)C(=O)OCC. The van der Waals surface area contributed by atoms with Crippen molar-refractivity contribution in [3.63, 3.8) is 0 Å². The summed E-state index contributed by atoms with van der Waals surface area (Å²) in [4.78, 5) is 36.2. The topological polar surface area (TPSA) is 94.8 Å². The van der Waals surface area contributed by atoms with Gasteiger partial charge in [-0.3, -0.25) is 4.79 Å². The van der Waals surface area contributed by atoms with Gasteiger partial charge in [-0.15, -0.1) is 0 Å². The van der Waals surface area contributed by atoms with Crippen LogP contribution in [0.1, 0.15) is 30.5 Å². The van der Waals surface area contributed by atoms with E-state index in [1.54, 1.807) is 13.8 Å². The van der Waals surface area contributed by atoms with Gasteiger partial charge in [-0.05, 0) is 38.8 Å². The van der Waals surface area contributed by atoms with Crippen LogP contribution >= 0.6 is 0 Å². The van der Waals surface area contributed by atoms with Gasteiger partial charge in [0.25, 0.3) is 0 Å². The third-order valence-corrected chi connectivity index (χ3v) is 4.04. The number of rotatable bonds is 7. The van der Waals surface area contributed by atoms with E-state index < -0.39 is 23.9 Å². The molecule has 7 nitrogen and oxygen atoms in total. The fourth-order valence-electron chi connectivity index (χ4n) is 2.58. The molecule has 0 spiro atoms. The third kappa shape index (κ3) is 4.22. The molecule has 26 heavy (non-hydrogen) atoms. The molecule has 1 amide bonds. The molecule has 140 valence electrons. The molecule has 1 N–H and O–H groups in total. The molecule has 0 saturated carbocycles. The molecule has 0 unspecified atom stereocenters. The molecule has 0 saturated heterocycles. The number of hydrogen-bond donors (Lipinski definition) is 1. The lowest BCUT2D eigenvalue weighted by Gasteiger charge is -2.15. The lowest BCUT2D eigenvalue weighted by molar-refractivity contribution is -0.159. The summed E-state index contributed by atoms with van der Waals surface area (Å²) in [5.74, 6) is -2.19. The summed E-state index contributed by atoms with van der Waals surface area (Å²) in [6.07, 6.45) is 1.48. The number of fused-ring (bicyclic) bond motifs is 1. The van der Waals surface area contributed by atoms with Gasteiger partial charge in [0.05, 0.1) is 25.9 Å². The molecule has 2 aromatic rings. The number of ether oxygens (including phenoxy) is 2. The molecule has 0 aliphatic rings. The summed E-state index contributed by atoms with van der Waals surface area (Å²) < 4.78 is 15.2. The fraction of sp³-hybridized carbons (Fsp3) is 0.421. The van der Waals surface area contributed by atoms with Crippen LogP contribution in [0.3, 0.4) is 0 Å². The number of nitrogens with one attached hydrogen (secondary N) is 1. The van der Waals surface area contributed by atoms with E-state index in [0.717, 1.165) is 22.1 Å². The van der Waals surface area contributed by atoms with Gasteiger partial charge in [-0.2, -0.15) is 0 Å². The Balaban J connectivity index is 2.16. The van der Waals surface area contributed by atoms with Crippen LogP contribution in [0.15, 0.2) is 22.8 Å². The predicted octanol–water partition coefficient (Wildman–Crippen LogP) is 2.20. The first-order valence-electron chi connectivity index (χ1n) is 8.47. The van der Waals surface area contributed by atoms with Crippen LogP contribution in [0.2, 0.25) is 0 Å². The first kappa shape index (κ1) is 19.5. The van der Waals surface area contributed by atoms with E-state index >= 15 is 0 Å². The van der Waals surface area contributed by atoms with Crippen LogP contribution in [0.25, 0.3) is 11.0 Å². The zero-order chi connectivity index (χ0) is 19.3. The smallest absolute Gasteiger partial charge is 0.340 e. The van der Waals surface area contributed by atoms with E-state index in [2.05, 4.69) is 5.32 Å². The lowest BCUT2D eigenvalue weighted by atomic mass is 10.0. The highest BCUT2D eigenvalue weighted by Crippen LogP contribution is 2.26. The quantitative estimate of drug-likeness (QED) is 0.600.